The van der Waals surface area contributed by atoms with Crippen LogP contribution in [0.4, 0.5) is 0 Å². The average Bonchev–Trinajstić information content (AvgIpc) is 3.20. The molecule has 60 heavy (non-hydrogen) atoms. The Morgan fingerprint density at radius 1 is 0.917 bits per heavy atom. The Kier molecular flexibility index (Phi) is 11.8. The molecule has 2 saturated carbocycles. The topological polar surface area (TPSA) is 215 Å². The van der Waals surface area contributed by atoms with Crippen LogP contribution >= 0.6 is 0 Å². The first-order chi connectivity index (χ1) is 28.4. The molecule has 0 spiro atoms. The molecule has 3 fully saturated rings. The van der Waals surface area contributed by atoms with Crippen molar-refractivity contribution in [2.45, 2.75) is 133 Å². The number of esters is 3. The van der Waals surface area contributed by atoms with Gasteiger partial charge in [0.15, 0.2) is 17.5 Å². The molecule has 2 heterocycles. The van der Waals surface area contributed by atoms with Gasteiger partial charge in [0.2, 0.25) is 5.91 Å². The quantitative estimate of drug-likeness (QED) is 0.167. The maximum Gasteiger partial charge on any atom is 0.338 e. The first-order valence-electron chi connectivity index (χ1n) is 20.7. The fourth-order valence-corrected chi connectivity index (χ4v) is 10.6. The van der Waals surface area contributed by atoms with E-state index in [0.717, 1.165) is 0 Å². The fourth-order valence-electron chi connectivity index (χ4n) is 10.6. The minimum atomic E-state index is -2.34. The van der Waals surface area contributed by atoms with Crippen molar-refractivity contribution in [2.24, 2.45) is 16.7 Å². The van der Waals surface area contributed by atoms with Gasteiger partial charge in [0.05, 0.1) is 35.6 Å². The van der Waals surface area contributed by atoms with E-state index in [-0.39, 0.29) is 36.2 Å². The maximum absolute atomic E-state index is 15.1. The number of fused-ring (bicyclic) bond motifs is 7. The molecule has 2 aromatic rings. The molecular formula is C46H55NO13. The Hall–Kier alpha value is -4.73. The SMILES string of the molecule is CC(=O)O[C@@]12CO[C@@H]1C[C@H](O)[C@@]1(C)C(=O)[C@H](O)C3=C(C)[C@@H]4C[C@@](O)([C@@H](OC(=O)c5ccccc5C/C=C/CCCCC(=O)N[C@@H](c5ccccc5)[C@@H](O)C(=O)O4)C12)C3(C)C. The highest BCUT2D eigenvalue weighted by molar-refractivity contribution is 5.94. The van der Waals surface area contributed by atoms with Crippen LogP contribution in [0.2, 0.25) is 0 Å². The molecule has 14 nitrogen and oxygen atoms in total. The van der Waals surface area contributed by atoms with E-state index in [9.17, 15) is 39.6 Å². The fraction of sp³-hybridized carbons (Fsp3) is 0.543. The number of aliphatic hydroxyl groups is 4. The van der Waals surface area contributed by atoms with Crippen molar-refractivity contribution in [3.8, 4) is 0 Å². The van der Waals surface area contributed by atoms with Crippen molar-refractivity contribution in [1.82, 2.24) is 5.32 Å². The molecule has 1 unspecified atom stereocenters. The van der Waals surface area contributed by atoms with Crippen LogP contribution in [0, 0.1) is 16.7 Å². The van der Waals surface area contributed by atoms with Gasteiger partial charge in [-0.2, -0.15) is 0 Å². The molecule has 1 amide bonds. The molecule has 14 heteroatoms. The number of ketones is 1. The second-order valence-electron chi connectivity index (χ2n) is 17.7. The number of hydrogen-bond donors (Lipinski definition) is 5. The Bertz CT molecular complexity index is 2100. The summed E-state index contributed by atoms with van der Waals surface area (Å²) >= 11 is 0. The van der Waals surface area contributed by atoms with Crippen molar-refractivity contribution in [3.05, 3.63) is 94.6 Å². The summed E-state index contributed by atoms with van der Waals surface area (Å²) in [6.07, 6.45) is -4.26. The van der Waals surface area contributed by atoms with Crippen LogP contribution in [0.15, 0.2) is 77.9 Å². The third-order valence-electron chi connectivity index (χ3n) is 14.0. The van der Waals surface area contributed by atoms with E-state index in [1.165, 1.54) is 20.8 Å². The van der Waals surface area contributed by atoms with Gasteiger partial charge in [-0.05, 0) is 67.9 Å². The molecule has 3 bridgehead atoms. The van der Waals surface area contributed by atoms with E-state index in [4.69, 9.17) is 18.9 Å². The second-order valence-corrected chi connectivity index (χ2v) is 17.7. The highest BCUT2D eigenvalue weighted by Gasteiger charge is 2.78. The first kappa shape index (κ1) is 43.4. The van der Waals surface area contributed by atoms with Gasteiger partial charge in [0.25, 0.3) is 0 Å². The summed E-state index contributed by atoms with van der Waals surface area (Å²) in [5.74, 6) is -5.61. The average molecular weight is 830 g/mol. The lowest BCUT2D eigenvalue weighted by atomic mass is 9.44. The number of benzene rings is 2. The van der Waals surface area contributed by atoms with Crippen LogP contribution in [0.1, 0.15) is 101 Å². The predicted octanol–water partition coefficient (Wildman–Crippen LogP) is 3.52. The molecule has 3 aliphatic carbocycles. The molecule has 322 valence electrons. The van der Waals surface area contributed by atoms with E-state index in [1.807, 2.05) is 12.2 Å². The number of Topliss-reactive ketones (excluding diaryl/α,β-unsaturated/α-hetero) is 1. The molecule has 2 aromatic carbocycles. The van der Waals surface area contributed by atoms with Crippen LogP contribution < -0.4 is 5.32 Å². The van der Waals surface area contributed by atoms with E-state index < -0.39 is 107 Å². The van der Waals surface area contributed by atoms with Crippen molar-refractivity contribution in [2.75, 3.05) is 6.61 Å². The summed E-state index contributed by atoms with van der Waals surface area (Å²) in [5, 5.41) is 52.3. The standard InChI is InChI=1S/C46H55NO13/c1-25-30-23-46(56)40(38-44(5,39(53)36(51)34(25)43(46,3)4)31(49)22-32-45(38,24-57-32)60-26(2)48)59-41(54)29-20-15-14-17-27(29)16-10-7-6-8-13-21-33(50)47-35(37(52)42(55)58-30)28-18-11-9-12-19-28/h7,9-12,14-15,17-20,30-32,35-38,40,49,51-52,56H,6,8,13,16,21-24H2,1-5H3,(H,47,50)/b10-7+/t30-,31-,32+,35-,36+,37+,38?,40-,44+,45-,46+/m0/s1. The van der Waals surface area contributed by atoms with Gasteiger partial charge < -0.3 is 44.7 Å². The molecule has 11 atom stereocenters. The third-order valence-corrected chi connectivity index (χ3v) is 14.0. The van der Waals surface area contributed by atoms with Crippen molar-refractivity contribution >= 4 is 29.6 Å². The number of carbonyl (C=O) groups excluding carboxylic acids is 5. The number of nitrogens with one attached hydrogen (secondary N) is 1. The lowest BCUT2D eigenvalue weighted by molar-refractivity contribution is -0.346. The molecule has 2 aliphatic heterocycles. The van der Waals surface area contributed by atoms with Gasteiger partial charge in [0.1, 0.15) is 30.0 Å². The Morgan fingerprint density at radius 2 is 1.62 bits per heavy atom. The Balaban J connectivity index is 1.43. The summed E-state index contributed by atoms with van der Waals surface area (Å²) in [7, 11) is 0. The zero-order valence-corrected chi connectivity index (χ0v) is 34.6. The zero-order chi connectivity index (χ0) is 43.4. The van der Waals surface area contributed by atoms with E-state index in [0.29, 0.717) is 36.8 Å². The highest BCUT2D eigenvalue weighted by atomic mass is 16.6. The van der Waals surface area contributed by atoms with E-state index >= 15 is 4.79 Å². The molecule has 0 radical (unpaired) electrons. The normalized spacial score (nSPS) is 37.8. The van der Waals surface area contributed by atoms with Gasteiger partial charge in [0, 0.05) is 31.6 Å². The number of carbonyl (C=O) groups is 5. The van der Waals surface area contributed by atoms with Crippen molar-refractivity contribution < 1.29 is 63.3 Å². The lowest BCUT2D eigenvalue weighted by Gasteiger charge is -2.67. The molecular weight excluding hydrogens is 774 g/mol. The number of allylic oxidation sites excluding steroid dienone is 2. The summed E-state index contributed by atoms with van der Waals surface area (Å²) in [5.41, 5.74) is -6.37. The van der Waals surface area contributed by atoms with Gasteiger partial charge in [-0.15, -0.1) is 0 Å². The highest BCUT2D eigenvalue weighted by Crippen LogP contribution is 2.64. The number of rotatable bonds is 2. The number of aliphatic hydroxyl groups excluding tert-OH is 3. The Labute approximate surface area is 348 Å². The summed E-state index contributed by atoms with van der Waals surface area (Å²) in [4.78, 5) is 70.3. The molecule has 5 N–H and O–H groups in total. The monoisotopic (exact) mass is 829 g/mol. The summed E-state index contributed by atoms with van der Waals surface area (Å²) in [6, 6.07) is 14.0. The van der Waals surface area contributed by atoms with Crippen LogP contribution in [-0.4, -0.2) is 104 Å². The van der Waals surface area contributed by atoms with Gasteiger partial charge in [-0.3, -0.25) is 14.4 Å². The van der Waals surface area contributed by atoms with Crippen LogP contribution in [0.25, 0.3) is 0 Å². The van der Waals surface area contributed by atoms with E-state index in [2.05, 4.69) is 5.32 Å². The number of hydrogen-bond acceptors (Lipinski definition) is 13. The first-order valence-corrected chi connectivity index (χ1v) is 20.7. The summed E-state index contributed by atoms with van der Waals surface area (Å²) in [6.45, 7) is 7.00. The molecule has 1 saturated heterocycles. The minimum absolute atomic E-state index is 0.0353. The summed E-state index contributed by atoms with van der Waals surface area (Å²) < 4.78 is 24.6. The zero-order valence-electron chi connectivity index (χ0n) is 34.6. The number of ether oxygens (including phenoxy) is 4. The van der Waals surface area contributed by atoms with Crippen molar-refractivity contribution in [3.63, 3.8) is 0 Å². The second kappa shape index (κ2) is 16.3. The van der Waals surface area contributed by atoms with E-state index in [1.54, 1.807) is 68.4 Å². The minimum Gasteiger partial charge on any atom is -0.456 e. The van der Waals surface area contributed by atoms with Crippen LogP contribution in [0.3, 0.4) is 0 Å². The van der Waals surface area contributed by atoms with Gasteiger partial charge in [-0.25, -0.2) is 9.59 Å². The van der Waals surface area contributed by atoms with Crippen molar-refractivity contribution in [1.29, 1.82) is 0 Å². The molecule has 0 aromatic heterocycles. The smallest absolute Gasteiger partial charge is 0.338 e. The largest absolute Gasteiger partial charge is 0.456 e. The Morgan fingerprint density at radius 3 is 2.30 bits per heavy atom. The predicted molar refractivity (Wildman–Crippen MR) is 214 cm³/mol. The molecule has 7 rings (SSSR count). The van der Waals surface area contributed by atoms with Gasteiger partial charge >= 0.3 is 17.9 Å². The lowest BCUT2D eigenvalue weighted by Crippen LogP contribution is -2.81. The van der Waals surface area contributed by atoms with Gasteiger partial charge in [-0.1, -0.05) is 74.5 Å². The third kappa shape index (κ3) is 7.09. The maximum atomic E-state index is 15.1. The number of amides is 1. The molecule has 5 aliphatic rings. The van der Waals surface area contributed by atoms with Crippen LogP contribution in [-0.2, 0) is 44.5 Å². The van der Waals surface area contributed by atoms with Crippen LogP contribution in [0.5, 0.6) is 0 Å².